The second-order valence-corrected chi connectivity index (χ2v) is 3.11. The number of amides is 1. The minimum absolute atomic E-state index is 0.0283. The van der Waals surface area contributed by atoms with E-state index in [1.165, 1.54) is 6.08 Å². The minimum Gasteiger partial charge on any atom is -0.411 e. The first kappa shape index (κ1) is 13.8. The van der Waals surface area contributed by atoms with Crippen molar-refractivity contribution in [1.82, 2.24) is 4.98 Å². The molecule has 0 spiro atoms. The number of anilines is 1. The van der Waals surface area contributed by atoms with Crippen LogP contribution in [0.5, 0.6) is 0 Å². The van der Waals surface area contributed by atoms with E-state index in [1.54, 1.807) is 0 Å². The van der Waals surface area contributed by atoms with Crippen LogP contribution in [0.25, 0.3) is 0 Å². The summed E-state index contributed by atoms with van der Waals surface area (Å²) in [6.07, 6.45) is -3.39. The number of carbonyl (C=O) groups is 1. The molecule has 1 rings (SSSR count). The molecule has 18 heavy (non-hydrogen) atoms. The maximum absolute atomic E-state index is 12.4. The summed E-state index contributed by atoms with van der Waals surface area (Å²) in [5.74, 6) is -0.300. The molecule has 0 fully saturated rings. The highest BCUT2D eigenvalue weighted by Gasteiger charge is 2.30. The van der Waals surface area contributed by atoms with Crippen molar-refractivity contribution in [2.24, 2.45) is 0 Å². The van der Waals surface area contributed by atoms with Gasteiger partial charge in [0.15, 0.2) is 0 Å². The smallest absolute Gasteiger partial charge is 0.411 e. The highest BCUT2D eigenvalue weighted by molar-refractivity contribution is 5.84. The molecule has 1 amide bonds. The van der Waals surface area contributed by atoms with Crippen LogP contribution < -0.4 is 5.32 Å². The third-order valence-corrected chi connectivity index (χ3v) is 1.77. The van der Waals surface area contributed by atoms with Crippen LogP contribution >= 0.6 is 0 Å². The number of nitrogens with zero attached hydrogens (tertiary/aromatic N) is 1. The van der Waals surface area contributed by atoms with Crippen molar-refractivity contribution in [2.75, 3.05) is 5.32 Å². The van der Waals surface area contributed by atoms with Crippen LogP contribution in [0.4, 0.5) is 23.8 Å². The van der Waals surface area contributed by atoms with E-state index in [2.05, 4.69) is 22.9 Å². The van der Waals surface area contributed by atoms with Crippen molar-refractivity contribution >= 4 is 11.9 Å². The average molecular weight is 258 g/mol. The van der Waals surface area contributed by atoms with Gasteiger partial charge in [0.25, 0.3) is 0 Å². The Kier molecular flexibility index (Phi) is 4.09. The van der Waals surface area contributed by atoms with Gasteiger partial charge in [0.05, 0.1) is 5.56 Å². The standard InChI is InChI=1S/C11H9F3N2O2/c1-3-7(2)18-10(17)16-9-6-8(4-5-15-9)11(12,13)14/h3-6H,1-2H2,(H,15,16,17). The van der Waals surface area contributed by atoms with Gasteiger partial charge in [-0.1, -0.05) is 13.2 Å². The highest BCUT2D eigenvalue weighted by atomic mass is 19.4. The summed E-state index contributed by atoms with van der Waals surface area (Å²) in [7, 11) is 0. The second-order valence-electron chi connectivity index (χ2n) is 3.11. The normalized spacial score (nSPS) is 10.6. The van der Waals surface area contributed by atoms with E-state index < -0.39 is 17.8 Å². The summed E-state index contributed by atoms with van der Waals surface area (Å²) < 4.78 is 41.7. The molecule has 0 bridgehead atoms. The number of ether oxygens (including phenoxy) is 1. The number of allylic oxidation sites excluding steroid dienone is 1. The average Bonchev–Trinajstić information content (AvgIpc) is 2.27. The molecule has 0 aliphatic heterocycles. The molecule has 0 saturated heterocycles. The van der Waals surface area contributed by atoms with Crippen LogP contribution in [-0.2, 0) is 10.9 Å². The molecule has 0 unspecified atom stereocenters. The Morgan fingerprint density at radius 3 is 2.72 bits per heavy atom. The first-order valence-electron chi connectivity index (χ1n) is 4.66. The molecule has 0 aliphatic rings. The molecule has 0 radical (unpaired) electrons. The van der Waals surface area contributed by atoms with Gasteiger partial charge in [0.1, 0.15) is 11.6 Å². The van der Waals surface area contributed by atoms with Crippen molar-refractivity contribution in [2.45, 2.75) is 6.18 Å². The Bertz CT molecular complexity index is 483. The molecule has 1 heterocycles. The number of pyridine rings is 1. The topological polar surface area (TPSA) is 51.2 Å². The zero-order valence-corrected chi connectivity index (χ0v) is 9.12. The number of halogens is 3. The van der Waals surface area contributed by atoms with Gasteiger partial charge in [-0.3, -0.25) is 5.32 Å². The Balaban J connectivity index is 2.77. The quantitative estimate of drug-likeness (QED) is 0.668. The maximum atomic E-state index is 12.4. The van der Waals surface area contributed by atoms with Gasteiger partial charge >= 0.3 is 12.3 Å². The Labute approximate surface area is 101 Å². The van der Waals surface area contributed by atoms with E-state index in [0.717, 1.165) is 12.3 Å². The van der Waals surface area contributed by atoms with Crippen molar-refractivity contribution in [3.05, 3.63) is 48.9 Å². The van der Waals surface area contributed by atoms with Crippen LogP contribution in [0.15, 0.2) is 43.3 Å². The fourth-order valence-corrected chi connectivity index (χ4v) is 0.966. The maximum Gasteiger partial charge on any atom is 0.418 e. The number of alkyl halides is 3. The SMILES string of the molecule is C=CC(=C)OC(=O)Nc1cc(C(F)(F)F)ccn1. The van der Waals surface area contributed by atoms with Crippen LogP contribution in [0, 0.1) is 0 Å². The van der Waals surface area contributed by atoms with Gasteiger partial charge in [0.2, 0.25) is 0 Å². The van der Waals surface area contributed by atoms with E-state index in [-0.39, 0.29) is 11.6 Å². The largest absolute Gasteiger partial charge is 0.418 e. The first-order chi connectivity index (χ1) is 8.32. The molecular weight excluding hydrogens is 249 g/mol. The van der Waals surface area contributed by atoms with E-state index in [9.17, 15) is 18.0 Å². The fraction of sp³-hybridized carbons (Fsp3) is 0.0909. The monoisotopic (exact) mass is 258 g/mol. The van der Waals surface area contributed by atoms with Gasteiger partial charge in [-0.15, -0.1) is 0 Å². The van der Waals surface area contributed by atoms with Crippen molar-refractivity contribution in [3.63, 3.8) is 0 Å². The molecular formula is C11H9F3N2O2. The summed E-state index contributed by atoms with van der Waals surface area (Å²) in [6.45, 7) is 6.61. The number of hydrogen-bond acceptors (Lipinski definition) is 3. The number of rotatable bonds is 3. The lowest BCUT2D eigenvalue weighted by Crippen LogP contribution is -2.14. The lowest BCUT2D eigenvalue weighted by atomic mass is 10.2. The lowest BCUT2D eigenvalue weighted by Gasteiger charge is -2.09. The van der Waals surface area contributed by atoms with Gasteiger partial charge in [0, 0.05) is 6.20 Å². The predicted octanol–water partition coefficient (Wildman–Crippen LogP) is 3.35. The van der Waals surface area contributed by atoms with Crippen molar-refractivity contribution in [3.8, 4) is 0 Å². The van der Waals surface area contributed by atoms with E-state index in [0.29, 0.717) is 6.07 Å². The summed E-state index contributed by atoms with van der Waals surface area (Å²) in [5, 5.41) is 2.04. The zero-order chi connectivity index (χ0) is 13.8. The summed E-state index contributed by atoms with van der Waals surface area (Å²) in [4.78, 5) is 14.7. The highest BCUT2D eigenvalue weighted by Crippen LogP contribution is 2.29. The van der Waals surface area contributed by atoms with Gasteiger partial charge in [-0.05, 0) is 18.2 Å². The van der Waals surface area contributed by atoms with Gasteiger partial charge in [-0.25, -0.2) is 9.78 Å². The Hall–Kier alpha value is -2.31. The molecule has 7 heteroatoms. The number of aromatic nitrogens is 1. The molecule has 0 aromatic carbocycles. The first-order valence-corrected chi connectivity index (χ1v) is 4.66. The Morgan fingerprint density at radius 1 is 1.50 bits per heavy atom. The number of nitrogens with one attached hydrogen (secondary N) is 1. The molecule has 0 aliphatic carbocycles. The van der Waals surface area contributed by atoms with Crippen LogP contribution in [-0.4, -0.2) is 11.1 Å². The number of carbonyl (C=O) groups excluding carboxylic acids is 1. The van der Waals surface area contributed by atoms with E-state index in [4.69, 9.17) is 0 Å². The minimum atomic E-state index is -4.51. The van der Waals surface area contributed by atoms with E-state index >= 15 is 0 Å². The molecule has 0 atom stereocenters. The predicted molar refractivity (Wildman–Crippen MR) is 58.7 cm³/mol. The van der Waals surface area contributed by atoms with Gasteiger partial charge in [-0.2, -0.15) is 13.2 Å². The van der Waals surface area contributed by atoms with Crippen LogP contribution in [0.3, 0.4) is 0 Å². The molecule has 96 valence electrons. The summed E-state index contributed by atoms with van der Waals surface area (Å²) >= 11 is 0. The molecule has 4 nitrogen and oxygen atoms in total. The second kappa shape index (κ2) is 5.35. The Morgan fingerprint density at radius 2 is 2.17 bits per heavy atom. The van der Waals surface area contributed by atoms with Crippen LogP contribution in [0.1, 0.15) is 5.56 Å². The fourth-order valence-electron chi connectivity index (χ4n) is 0.966. The van der Waals surface area contributed by atoms with Crippen molar-refractivity contribution < 1.29 is 22.7 Å². The molecule has 1 aromatic rings. The van der Waals surface area contributed by atoms with E-state index in [1.807, 2.05) is 5.32 Å². The lowest BCUT2D eigenvalue weighted by molar-refractivity contribution is -0.137. The molecule has 1 N–H and O–H groups in total. The molecule has 1 aromatic heterocycles. The van der Waals surface area contributed by atoms with Gasteiger partial charge < -0.3 is 4.74 Å². The zero-order valence-electron chi connectivity index (χ0n) is 9.12. The third-order valence-electron chi connectivity index (χ3n) is 1.77. The third kappa shape index (κ3) is 3.93. The molecule has 0 saturated carbocycles. The van der Waals surface area contributed by atoms with Crippen LogP contribution in [0.2, 0.25) is 0 Å². The summed E-state index contributed by atoms with van der Waals surface area (Å²) in [5.41, 5.74) is -0.921. The summed E-state index contributed by atoms with van der Waals surface area (Å²) in [6, 6.07) is 1.48. The van der Waals surface area contributed by atoms with Crippen molar-refractivity contribution in [1.29, 1.82) is 0 Å². The number of hydrogen-bond donors (Lipinski definition) is 1.